The lowest BCUT2D eigenvalue weighted by atomic mass is 9.80. The van der Waals surface area contributed by atoms with E-state index in [1.165, 1.54) is 9.78 Å². The zero-order valence-electron chi connectivity index (χ0n) is 12.2. The summed E-state index contributed by atoms with van der Waals surface area (Å²) in [6.07, 6.45) is 4.24. The third kappa shape index (κ3) is 1.75. The zero-order chi connectivity index (χ0) is 15.3. The molecule has 22 heavy (non-hydrogen) atoms. The van der Waals surface area contributed by atoms with Gasteiger partial charge in [0.25, 0.3) is 5.91 Å². The number of imide groups is 1. The van der Waals surface area contributed by atoms with Gasteiger partial charge < -0.3 is 5.32 Å². The molecule has 0 aromatic carbocycles. The number of amides is 3. The van der Waals surface area contributed by atoms with Gasteiger partial charge in [0.05, 0.1) is 12.2 Å². The fourth-order valence-electron chi connectivity index (χ4n) is 3.40. The molecule has 0 saturated carbocycles. The number of carbonyl (C=O) groups excluding carboxylic acids is 2. The molecule has 1 spiro atoms. The third-order valence-electron chi connectivity index (χ3n) is 4.58. The summed E-state index contributed by atoms with van der Waals surface area (Å²) in [6.45, 7) is 0.252. The standard InChI is InChI=1S/C15H16N4O2S/c1-18-10(4-7-16-18)9-19-13(20)15(17-14(19)21)6-2-3-12-11(15)5-8-22-12/h4-5,7-8H,2-3,6,9H2,1H3,(H,17,21)/t15-/m0/s1. The summed E-state index contributed by atoms with van der Waals surface area (Å²) >= 11 is 1.66. The van der Waals surface area contributed by atoms with Gasteiger partial charge in [-0.1, -0.05) is 0 Å². The predicted molar refractivity (Wildman–Crippen MR) is 81.2 cm³/mol. The Bertz CT molecular complexity index is 765. The number of carbonyl (C=O) groups is 2. The monoisotopic (exact) mass is 316 g/mol. The maximum absolute atomic E-state index is 13.0. The van der Waals surface area contributed by atoms with E-state index in [0.29, 0.717) is 6.42 Å². The van der Waals surface area contributed by atoms with Crippen LogP contribution in [0.25, 0.3) is 0 Å². The van der Waals surface area contributed by atoms with Crippen LogP contribution in [0.1, 0.15) is 29.0 Å². The number of hydrogen-bond donors (Lipinski definition) is 1. The van der Waals surface area contributed by atoms with E-state index in [9.17, 15) is 9.59 Å². The summed E-state index contributed by atoms with van der Waals surface area (Å²) in [5.74, 6) is -0.141. The number of rotatable bonds is 2. The van der Waals surface area contributed by atoms with Crippen molar-refractivity contribution in [1.82, 2.24) is 20.0 Å². The van der Waals surface area contributed by atoms with Crippen LogP contribution in [-0.2, 0) is 30.3 Å². The number of hydrogen-bond acceptors (Lipinski definition) is 4. The summed E-state index contributed by atoms with van der Waals surface area (Å²) < 4.78 is 1.68. The van der Waals surface area contributed by atoms with Crippen LogP contribution in [0.5, 0.6) is 0 Å². The van der Waals surface area contributed by atoms with E-state index in [-0.39, 0.29) is 18.5 Å². The average Bonchev–Trinajstić information content (AvgIpc) is 3.17. The van der Waals surface area contributed by atoms with Crippen molar-refractivity contribution in [3.8, 4) is 0 Å². The topological polar surface area (TPSA) is 67.2 Å². The average molecular weight is 316 g/mol. The lowest BCUT2D eigenvalue weighted by Crippen LogP contribution is -2.46. The van der Waals surface area contributed by atoms with Crippen molar-refractivity contribution in [2.24, 2.45) is 7.05 Å². The van der Waals surface area contributed by atoms with Gasteiger partial charge in [-0.2, -0.15) is 5.10 Å². The van der Waals surface area contributed by atoms with Crippen molar-refractivity contribution in [2.45, 2.75) is 31.3 Å². The van der Waals surface area contributed by atoms with Gasteiger partial charge in [-0.05, 0) is 36.8 Å². The Kier molecular flexibility index (Phi) is 2.87. The van der Waals surface area contributed by atoms with Gasteiger partial charge in [0.15, 0.2) is 0 Å². The number of nitrogens with zero attached hydrogens (tertiary/aromatic N) is 3. The molecule has 2 aliphatic rings. The Balaban J connectivity index is 1.70. The lowest BCUT2D eigenvalue weighted by Gasteiger charge is -2.31. The fraction of sp³-hybridized carbons (Fsp3) is 0.400. The van der Waals surface area contributed by atoms with Crippen molar-refractivity contribution in [2.75, 3.05) is 0 Å². The lowest BCUT2D eigenvalue weighted by molar-refractivity contribution is -0.132. The molecule has 3 amide bonds. The summed E-state index contributed by atoms with van der Waals surface area (Å²) in [7, 11) is 1.81. The Hall–Kier alpha value is -2.15. The summed E-state index contributed by atoms with van der Waals surface area (Å²) in [5.41, 5.74) is 0.958. The molecule has 2 aromatic heterocycles. The number of aryl methyl sites for hydroxylation is 2. The van der Waals surface area contributed by atoms with E-state index in [4.69, 9.17) is 0 Å². The molecule has 2 aromatic rings. The minimum atomic E-state index is -0.858. The molecule has 7 heteroatoms. The Morgan fingerprint density at radius 2 is 2.27 bits per heavy atom. The highest BCUT2D eigenvalue weighted by Gasteiger charge is 2.54. The number of thiophene rings is 1. The van der Waals surface area contributed by atoms with Crippen LogP contribution in [0.2, 0.25) is 0 Å². The van der Waals surface area contributed by atoms with Crippen LogP contribution >= 0.6 is 11.3 Å². The number of aromatic nitrogens is 2. The Labute approximate surface area is 131 Å². The minimum absolute atomic E-state index is 0.141. The minimum Gasteiger partial charge on any atom is -0.319 e. The molecule has 1 aliphatic carbocycles. The predicted octanol–water partition coefficient (Wildman–Crippen LogP) is 1.77. The van der Waals surface area contributed by atoms with Gasteiger partial charge in [0.1, 0.15) is 5.54 Å². The summed E-state index contributed by atoms with van der Waals surface area (Å²) in [5, 5.41) is 9.05. The highest BCUT2D eigenvalue weighted by Crippen LogP contribution is 2.42. The van der Waals surface area contributed by atoms with E-state index in [1.54, 1.807) is 29.3 Å². The van der Waals surface area contributed by atoms with Crippen LogP contribution in [-0.4, -0.2) is 26.6 Å². The van der Waals surface area contributed by atoms with Gasteiger partial charge in [-0.15, -0.1) is 11.3 Å². The second-order valence-electron chi connectivity index (χ2n) is 5.78. The molecule has 0 bridgehead atoms. The first kappa shape index (κ1) is 13.5. The second kappa shape index (κ2) is 4.67. The van der Waals surface area contributed by atoms with Gasteiger partial charge in [0, 0.05) is 23.7 Å². The zero-order valence-corrected chi connectivity index (χ0v) is 13.0. The third-order valence-corrected chi connectivity index (χ3v) is 5.56. The molecule has 1 aliphatic heterocycles. The van der Waals surface area contributed by atoms with Crippen LogP contribution in [0.4, 0.5) is 4.79 Å². The van der Waals surface area contributed by atoms with Crippen LogP contribution in [0.15, 0.2) is 23.7 Å². The van der Waals surface area contributed by atoms with E-state index < -0.39 is 5.54 Å². The molecular formula is C15H16N4O2S. The number of urea groups is 1. The van der Waals surface area contributed by atoms with Crippen molar-refractivity contribution < 1.29 is 9.59 Å². The van der Waals surface area contributed by atoms with Crippen LogP contribution in [0, 0.1) is 0 Å². The molecule has 1 fully saturated rings. The Morgan fingerprint density at radius 3 is 3.05 bits per heavy atom. The summed E-state index contributed by atoms with van der Waals surface area (Å²) in [4.78, 5) is 27.9. The maximum Gasteiger partial charge on any atom is 0.325 e. The molecule has 0 unspecified atom stereocenters. The highest BCUT2D eigenvalue weighted by atomic mass is 32.1. The van der Waals surface area contributed by atoms with Gasteiger partial charge in [-0.25, -0.2) is 4.79 Å². The fourth-order valence-corrected chi connectivity index (χ4v) is 4.40. The van der Waals surface area contributed by atoms with Crippen molar-refractivity contribution >= 4 is 23.3 Å². The quantitative estimate of drug-likeness (QED) is 0.859. The molecule has 4 rings (SSSR count). The van der Waals surface area contributed by atoms with Crippen molar-refractivity contribution in [3.63, 3.8) is 0 Å². The van der Waals surface area contributed by atoms with E-state index >= 15 is 0 Å². The first-order valence-corrected chi connectivity index (χ1v) is 8.17. The van der Waals surface area contributed by atoms with Gasteiger partial charge >= 0.3 is 6.03 Å². The smallest absolute Gasteiger partial charge is 0.319 e. The van der Waals surface area contributed by atoms with E-state index in [0.717, 1.165) is 24.1 Å². The summed E-state index contributed by atoms with van der Waals surface area (Å²) in [6, 6.07) is 3.48. The normalized spacial score (nSPS) is 24.0. The molecular weight excluding hydrogens is 300 g/mol. The molecule has 6 nitrogen and oxygen atoms in total. The first-order chi connectivity index (χ1) is 10.6. The highest BCUT2D eigenvalue weighted by molar-refractivity contribution is 7.10. The van der Waals surface area contributed by atoms with Gasteiger partial charge in [0.2, 0.25) is 0 Å². The number of nitrogens with one attached hydrogen (secondary N) is 1. The molecule has 0 radical (unpaired) electrons. The van der Waals surface area contributed by atoms with Crippen molar-refractivity contribution in [3.05, 3.63) is 39.8 Å². The van der Waals surface area contributed by atoms with Crippen LogP contribution in [0.3, 0.4) is 0 Å². The van der Waals surface area contributed by atoms with E-state index in [1.807, 2.05) is 17.5 Å². The SMILES string of the molecule is Cn1nccc1CN1C(=O)N[C@]2(CCCc3sccc32)C1=O. The molecule has 1 saturated heterocycles. The molecule has 114 valence electrons. The molecule has 1 atom stereocenters. The second-order valence-corrected chi connectivity index (χ2v) is 6.78. The first-order valence-electron chi connectivity index (χ1n) is 7.30. The van der Waals surface area contributed by atoms with Crippen molar-refractivity contribution in [1.29, 1.82) is 0 Å². The molecule has 1 N–H and O–H groups in total. The maximum atomic E-state index is 13.0. The van der Waals surface area contributed by atoms with E-state index in [2.05, 4.69) is 10.4 Å². The Morgan fingerprint density at radius 1 is 1.41 bits per heavy atom. The largest absolute Gasteiger partial charge is 0.325 e. The molecule has 3 heterocycles. The van der Waals surface area contributed by atoms with Gasteiger partial charge in [-0.3, -0.25) is 14.4 Å². The number of fused-ring (bicyclic) bond motifs is 2. The van der Waals surface area contributed by atoms with Crippen LogP contribution < -0.4 is 5.32 Å².